The van der Waals surface area contributed by atoms with Gasteiger partial charge in [-0.3, -0.25) is 4.79 Å². The number of ether oxygens (including phenoxy) is 1. The van der Waals surface area contributed by atoms with Gasteiger partial charge < -0.3 is 13.9 Å². The molecule has 0 spiro atoms. The van der Waals surface area contributed by atoms with E-state index in [0.29, 0.717) is 12.5 Å². The Morgan fingerprint density at radius 2 is 1.94 bits per heavy atom. The van der Waals surface area contributed by atoms with Crippen molar-refractivity contribution in [2.24, 2.45) is 0 Å². The third kappa shape index (κ3) is 3.78. The van der Waals surface area contributed by atoms with Crippen LogP contribution in [0, 0.1) is 6.92 Å². The number of benzene rings is 2. The Hall–Kier alpha value is -3.15. The van der Waals surface area contributed by atoms with Gasteiger partial charge in [0.1, 0.15) is 18.2 Å². The van der Waals surface area contributed by atoms with Crippen LogP contribution in [0.1, 0.15) is 61.8 Å². The molecule has 0 atom stereocenters. The Balaban J connectivity index is 1.56. The van der Waals surface area contributed by atoms with Crippen molar-refractivity contribution in [2.45, 2.75) is 65.5 Å². The van der Waals surface area contributed by atoms with E-state index in [1.54, 1.807) is 0 Å². The Bertz CT molecular complexity index is 1300. The highest BCUT2D eigenvalue weighted by Crippen LogP contribution is 2.40. The average Bonchev–Trinajstić information content (AvgIpc) is 3.48. The number of carbonyl (C=O) groups excluding carboxylic acids is 1. The smallest absolute Gasteiger partial charge is 0.326 e. The summed E-state index contributed by atoms with van der Waals surface area (Å²) in [4.78, 5) is 22.1. The number of carbonyl (C=O) groups is 1. The number of imidazole rings is 2. The fourth-order valence-electron chi connectivity index (χ4n) is 4.55. The first-order chi connectivity index (χ1) is 15.6. The van der Waals surface area contributed by atoms with Crippen molar-refractivity contribution in [1.82, 2.24) is 19.1 Å². The summed E-state index contributed by atoms with van der Waals surface area (Å²) in [7, 11) is 0. The molecule has 2 aromatic carbocycles. The molecular weight excluding hydrogens is 400 g/mol. The molecule has 4 aromatic rings. The van der Waals surface area contributed by atoms with Crippen molar-refractivity contribution in [3.8, 4) is 0 Å². The highest BCUT2D eigenvalue weighted by Gasteiger charge is 2.30. The second-order valence-corrected chi connectivity index (χ2v) is 8.77. The van der Waals surface area contributed by atoms with Gasteiger partial charge in [-0.2, -0.15) is 0 Å². The van der Waals surface area contributed by atoms with Crippen LogP contribution in [-0.2, 0) is 29.0 Å². The molecule has 0 saturated heterocycles. The van der Waals surface area contributed by atoms with Gasteiger partial charge in [-0.05, 0) is 62.4 Å². The van der Waals surface area contributed by atoms with E-state index in [2.05, 4.69) is 59.4 Å². The zero-order valence-electron chi connectivity index (χ0n) is 19.1. The number of hydrogen-bond donors (Lipinski definition) is 0. The number of hydrogen-bond acceptors (Lipinski definition) is 4. The standard InChI is InChI=1S/C26H30N4O2/c1-4-7-23-28-25-17(3)8-6-9-21(25)29(23)15-18-10-13-20-22(14-18)30(16-24(31)32-5-2)26(27-20)19-11-12-19/h6,8-10,13-14,19H,4-5,7,11-12,15-16H2,1-3H3. The van der Waals surface area contributed by atoms with Gasteiger partial charge in [0.05, 0.1) is 28.7 Å². The van der Waals surface area contributed by atoms with E-state index in [1.807, 2.05) is 6.92 Å². The monoisotopic (exact) mass is 430 g/mol. The van der Waals surface area contributed by atoms with Crippen molar-refractivity contribution >= 4 is 28.0 Å². The Morgan fingerprint density at radius 1 is 1.09 bits per heavy atom. The van der Waals surface area contributed by atoms with Crippen LogP contribution >= 0.6 is 0 Å². The minimum absolute atomic E-state index is 0.208. The van der Waals surface area contributed by atoms with E-state index in [-0.39, 0.29) is 12.5 Å². The van der Waals surface area contributed by atoms with Crippen LogP contribution in [0.3, 0.4) is 0 Å². The van der Waals surface area contributed by atoms with Gasteiger partial charge in [-0.15, -0.1) is 0 Å². The maximum Gasteiger partial charge on any atom is 0.326 e. The molecule has 166 valence electrons. The highest BCUT2D eigenvalue weighted by molar-refractivity contribution is 5.81. The number of rotatable bonds is 8. The Morgan fingerprint density at radius 3 is 2.69 bits per heavy atom. The molecule has 0 N–H and O–H groups in total. The third-order valence-corrected chi connectivity index (χ3v) is 6.25. The lowest BCUT2D eigenvalue weighted by atomic mass is 10.1. The minimum atomic E-state index is -0.208. The first-order valence-corrected chi connectivity index (χ1v) is 11.7. The van der Waals surface area contributed by atoms with E-state index in [1.165, 1.54) is 16.6 Å². The molecule has 1 fully saturated rings. The normalized spacial score (nSPS) is 13.8. The molecule has 6 nitrogen and oxygen atoms in total. The number of esters is 1. The van der Waals surface area contributed by atoms with E-state index >= 15 is 0 Å². The van der Waals surface area contributed by atoms with E-state index < -0.39 is 0 Å². The molecular formula is C26H30N4O2. The maximum atomic E-state index is 12.3. The predicted molar refractivity (Wildman–Crippen MR) is 126 cm³/mol. The van der Waals surface area contributed by atoms with Gasteiger partial charge in [0.15, 0.2) is 0 Å². The zero-order chi connectivity index (χ0) is 22.2. The number of aromatic nitrogens is 4. The molecule has 0 aliphatic heterocycles. The molecule has 6 heteroatoms. The quantitative estimate of drug-likeness (QED) is 0.363. The summed E-state index contributed by atoms with van der Waals surface area (Å²) in [6, 6.07) is 12.8. The van der Waals surface area contributed by atoms with Crippen molar-refractivity contribution < 1.29 is 9.53 Å². The zero-order valence-corrected chi connectivity index (χ0v) is 19.1. The van der Waals surface area contributed by atoms with Crippen LogP contribution in [0.25, 0.3) is 22.1 Å². The summed E-state index contributed by atoms with van der Waals surface area (Å²) in [5, 5.41) is 0. The molecule has 0 radical (unpaired) electrons. The van der Waals surface area contributed by atoms with Crippen LogP contribution in [0.15, 0.2) is 36.4 Å². The van der Waals surface area contributed by atoms with E-state index in [9.17, 15) is 4.79 Å². The molecule has 32 heavy (non-hydrogen) atoms. The second kappa shape index (κ2) is 8.41. The minimum Gasteiger partial charge on any atom is -0.465 e. The molecule has 1 aliphatic rings. The van der Waals surface area contributed by atoms with Crippen LogP contribution in [0.2, 0.25) is 0 Å². The lowest BCUT2D eigenvalue weighted by molar-refractivity contribution is -0.143. The first kappa shape index (κ1) is 20.7. The largest absolute Gasteiger partial charge is 0.465 e. The van der Waals surface area contributed by atoms with Crippen molar-refractivity contribution in [1.29, 1.82) is 0 Å². The number of aryl methyl sites for hydroxylation is 2. The number of para-hydroxylation sites is 1. The van der Waals surface area contributed by atoms with Gasteiger partial charge >= 0.3 is 5.97 Å². The lowest BCUT2D eigenvalue weighted by Gasteiger charge is -2.11. The van der Waals surface area contributed by atoms with Crippen LogP contribution in [-0.4, -0.2) is 31.7 Å². The summed E-state index contributed by atoms with van der Waals surface area (Å²) in [6.45, 7) is 7.50. The van der Waals surface area contributed by atoms with Crippen molar-refractivity contribution in [3.63, 3.8) is 0 Å². The lowest BCUT2D eigenvalue weighted by Crippen LogP contribution is -2.15. The summed E-state index contributed by atoms with van der Waals surface area (Å²) < 4.78 is 9.64. The summed E-state index contributed by atoms with van der Waals surface area (Å²) in [5.74, 6) is 2.38. The van der Waals surface area contributed by atoms with Gasteiger partial charge in [0, 0.05) is 18.9 Å². The third-order valence-electron chi connectivity index (χ3n) is 6.25. The SMILES string of the molecule is CCCc1nc2c(C)cccc2n1Cc1ccc2nc(C3CC3)n(CC(=O)OCC)c2c1. The highest BCUT2D eigenvalue weighted by atomic mass is 16.5. The number of fused-ring (bicyclic) bond motifs is 2. The average molecular weight is 431 g/mol. The topological polar surface area (TPSA) is 61.9 Å². The van der Waals surface area contributed by atoms with Gasteiger partial charge in [-0.25, -0.2) is 9.97 Å². The molecule has 0 bridgehead atoms. The number of nitrogens with zero attached hydrogens (tertiary/aromatic N) is 4. The van der Waals surface area contributed by atoms with Gasteiger partial charge in [-0.1, -0.05) is 25.1 Å². The van der Waals surface area contributed by atoms with E-state index in [4.69, 9.17) is 14.7 Å². The van der Waals surface area contributed by atoms with Crippen LogP contribution < -0.4 is 0 Å². The summed E-state index contributed by atoms with van der Waals surface area (Å²) in [5.41, 5.74) is 6.60. The van der Waals surface area contributed by atoms with E-state index in [0.717, 1.165) is 60.4 Å². The molecule has 0 amide bonds. The van der Waals surface area contributed by atoms with Gasteiger partial charge in [0.2, 0.25) is 0 Å². The molecule has 2 aromatic heterocycles. The van der Waals surface area contributed by atoms with Crippen molar-refractivity contribution in [3.05, 3.63) is 59.2 Å². The Kier molecular flexibility index (Phi) is 5.45. The molecule has 2 heterocycles. The Labute approximate surface area is 188 Å². The molecule has 5 rings (SSSR count). The molecule has 0 unspecified atom stereocenters. The molecule has 1 saturated carbocycles. The predicted octanol–water partition coefficient (Wildman–Crippen LogP) is 5.14. The summed E-state index contributed by atoms with van der Waals surface area (Å²) >= 11 is 0. The van der Waals surface area contributed by atoms with Crippen molar-refractivity contribution in [2.75, 3.05) is 6.61 Å². The fraction of sp³-hybridized carbons (Fsp3) is 0.423. The van der Waals surface area contributed by atoms with Crippen LogP contribution in [0.5, 0.6) is 0 Å². The maximum absolute atomic E-state index is 12.3. The van der Waals surface area contributed by atoms with Crippen LogP contribution in [0.4, 0.5) is 0 Å². The first-order valence-electron chi connectivity index (χ1n) is 11.7. The second-order valence-electron chi connectivity index (χ2n) is 8.77. The molecule has 1 aliphatic carbocycles. The fourth-order valence-corrected chi connectivity index (χ4v) is 4.55. The summed E-state index contributed by atoms with van der Waals surface area (Å²) in [6.07, 6.45) is 4.28. The van der Waals surface area contributed by atoms with Gasteiger partial charge in [0.25, 0.3) is 0 Å².